The highest BCUT2D eigenvalue weighted by molar-refractivity contribution is 6.30. The zero-order valence-electron chi connectivity index (χ0n) is 26.5. The van der Waals surface area contributed by atoms with Crippen LogP contribution in [0.4, 0.5) is 5.69 Å². The molecule has 3 heterocycles. The van der Waals surface area contributed by atoms with Crippen LogP contribution in [0.15, 0.2) is 52.8 Å². The van der Waals surface area contributed by atoms with Crippen LogP contribution in [0.1, 0.15) is 56.5 Å². The first-order chi connectivity index (χ1) is 21.3. The van der Waals surface area contributed by atoms with E-state index in [4.69, 9.17) is 21.3 Å². The van der Waals surface area contributed by atoms with Crippen LogP contribution in [0.5, 0.6) is 0 Å². The first-order valence-corrected chi connectivity index (χ1v) is 16.6. The molecule has 2 aromatic carbocycles. The maximum Gasteiger partial charge on any atom is 0.263 e. The van der Waals surface area contributed by atoms with Crippen LogP contribution in [-0.4, -0.2) is 91.0 Å². The molecule has 1 aromatic heterocycles. The molecule has 0 amide bonds. The summed E-state index contributed by atoms with van der Waals surface area (Å²) in [7, 11) is 1.84. The second-order valence-electron chi connectivity index (χ2n) is 13.0. The van der Waals surface area contributed by atoms with Gasteiger partial charge in [0.05, 0.1) is 22.5 Å². The monoisotopic (exact) mass is 618 g/mol. The number of hydrogen-bond donors (Lipinski definition) is 2. The van der Waals surface area contributed by atoms with Crippen LogP contribution in [0.2, 0.25) is 5.02 Å². The van der Waals surface area contributed by atoms with Gasteiger partial charge in [0, 0.05) is 70.2 Å². The number of benzene rings is 2. The van der Waals surface area contributed by atoms with Crippen molar-refractivity contribution in [1.82, 2.24) is 24.7 Å². The molecule has 0 bridgehead atoms. The highest BCUT2D eigenvalue weighted by atomic mass is 35.5. The third-order valence-electron chi connectivity index (χ3n) is 9.97. The zero-order valence-corrected chi connectivity index (χ0v) is 27.3. The van der Waals surface area contributed by atoms with Crippen LogP contribution in [0, 0.1) is 6.92 Å². The average Bonchev–Trinajstić information content (AvgIpc) is 3.03. The van der Waals surface area contributed by atoms with Gasteiger partial charge in [-0.2, -0.15) is 0 Å². The van der Waals surface area contributed by atoms with Gasteiger partial charge in [0.2, 0.25) is 0 Å². The van der Waals surface area contributed by atoms with Gasteiger partial charge >= 0.3 is 0 Å². The molecule has 2 aliphatic heterocycles. The number of aromatic nitrogens is 2. The molecular formula is C35H47ClN6O2. The van der Waals surface area contributed by atoms with E-state index in [2.05, 4.69) is 39.5 Å². The molecule has 2 saturated heterocycles. The molecule has 0 radical (unpaired) electrons. The van der Waals surface area contributed by atoms with Crippen molar-refractivity contribution in [2.45, 2.75) is 57.6 Å². The van der Waals surface area contributed by atoms with Gasteiger partial charge in [-0.15, -0.1) is 0 Å². The van der Waals surface area contributed by atoms with Gasteiger partial charge in [0.25, 0.3) is 5.56 Å². The normalized spacial score (nSPS) is 23.8. The van der Waals surface area contributed by atoms with Crippen LogP contribution in [0.3, 0.4) is 0 Å². The standard InChI is InChI=1S/C35H47ClN6O2/c1-25-39-32-8-4-7-31(33(32)34(43)42(25)29-6-5-15-37-23-29)38-16-17-40-18-20-41(21-19-40)24-27-22-35(2,44-3)14-13-30(27)26-9-11-28(36)12-10-26/h4,7-12,29,37-38H,5-6,13-24H2,1-3H3. The number of aryl methyl sites for hydroxylation is 1. The minimum atomic E-state index is -0.106. The smallest absolute Gasteiger partial charge is 0.263 e. The number of ether oxygens (including phenoxy) is 1. The van der Waals surface area contributed by atoms with E-state index < -0.39 is 0 Å². The van der Waals surface area contributed by atoms with E-state index in [0.717, 1.165) is 113 Å². The molecule has 44 heavy (non-hydrogen) atoms. The number of fused-ring (bicyclic) bond motifs is 1. The molecule has 6 rings (SSSR count). The molecule has 9 heteroatoms. The maximum absolute atomic E-state index is 13.7. The van der Waals surface area contributed by atoms with Gasteiger partial charge in [0.1, 0.15) is 5.82 Å². The molecule has 3 aliphatic rings. The molecule has 0 saturated carbocycles. The first-order valence-electron chi connectivity index (χ1n) is 16.3. The predicted molar refractivity (Wildman–Crippen MR) is 181 cm³/mol. The van der Waals surface area contributed by atoms with Gasteiger partial charge in [-0.25, -0.2) is 4.98 Å². The Balaban J connectivity index is 1.08. The second kappa shape index (κ2) is 13.7. The molecular weight excluding hydrogens is 572 g/mol. The number of allylic oxidation sites excluding steroid dienone is 1. The molecule has 1 aliphatic carbocycles. The van der Waals surface area contributed by atoms with E-state index in [9.17, 15) is 4.79 Å². The number of piperazine rings is 1. The third-order valence-corrected chi connectivity index (χ3v) is 10.2. The highest BCUT2D eigenvalue weighted by Crippen LogP contribution is 2.40. The van der Waals surface area contributed by atoms with Crippen LogP contribution >= 0.6 is 11.6 Å². The Hall–Kier alpha value is -2.75. The number of anilines is 1. The summed E-state index contributed by atoms with van der Waals surface area (Å²) in [6.45, 7) is 12.9. The van der Waals surface area contributed by atoms with Crippen molar-refractivity contribution in [2.24, 2.45) is 0 Å². The van der Waals surface area contributed by atoms with Crippen molar-refractivity contribution >= 4 is 33.8 Å². The van der Waals surface area contributed by atoms with Crippen LogP contribution in [0.25, 0.3) is 16.5 Å². The van der Waals surface area contributed by atoms with Crippen molar-refractivity contribution in [3.05, 3.63) is 74.8 Å². The Kier molecular flexibility index (Phi) is 9.74. The number of rotatable bonds is 9. The Morgan fingerprint density at radius 3 is 2.61 bits per heavy atom. The van der Waals surface area contributed by atoms with Crippen molar-refractivity contribution in [1.29, 1.82) is 0 Å². The number of methoxy groups -OCH3 is 1. The van der Waals surface area contributed by atoms with Gasteiger partial charge in [0.15, 0.2) is 0 Å². The van der Waals surface area contributed by atoms with Gasteiger partial charge < -0.3 is 15.4 Å². The summed E-state index contributed by atoms with van der Waals surface area (Å²) in [6, 6.07) is 14.4. The number of nitrogens with zero attached hydrogens (tertiary/aromatic N) is 4. The fraction of sp³-hybridized carbons (Fsp3) is 0.543. The topological polar surface area (TPSA) is 74.7 Å². The molecule has 0 spiro atoms. The van der Waals surface area contributed by atoms with E-state index in [1.54, 1.807) is 0 Å². The largest absolute Gasteiger partial charge is 0.383 e. The molecule has 2 fully saturated rings. The van der Waals surface area contributed by atoms with Gasteiger partial charge in [-0.3, -0.25) is 19.2 Å². The van der Waals surface area contributed by atoms with Gasteiger partial charge in [-0.05, 0) is 93.5 Å². The molecule has 8 nitrogen and oxygen atoms in total. The zero-order chi connectivity index (χ0) is 30.7. The highest BCUT2D eigenvalue weighted by Gasteiger charge is 2.32. The average molecular weight is 619 g/mol. The molecule has 2 atom stereocenters. The van der Waals surface area contributed by atoms with Crippen molar-refractivity contribution in [2.75, 3.05) is 71.3 Å². The van der Waals surface area contributed by atoms with Gasteiger partial charge in [-0.1, -0.05) is 29.8 Å². The lowest BCUT2D eigenvalue weighted by atomic mass is 9.79. The number of piperidine rings is 1. The summed E-state index contributed by atoms with van der Waals surface area (Å²) >= 11 is 6.20. The SMILES string of the molecule is COC1(C)CCC(c2ccc(Cl)cc2)=C(CN2CCN(CCNc3cccc4nc(C)n(C5CCCNC5)c(=O)c34)CC2)C1. The second-order valence-corrected chi connectivity index (χ2v) is 13.4. The Morgan fingerprint density at radius 1 is 1.11 bits per heavy atom. The fourth-order valence-corrected chi connectivity index (χ4v) is 7.44. The van der Waals surface area contributed by atoms with E-state index in [1.807, 2.05) is 48.9 Å². The van der Waals surface area contributed by atoms with E-state index in [1.165, 1.54) is 16.7 Å². The number of nitrogens with one attached hydrogen (secondary N) is 2. The summed E-state index contributed by atoms with van der Waals surface area (Å²) in [4.78, 5) is 23.7. The molecule has 3 aromatic rings. The Morgan fingerprint density at radius 2 is 1.89 bits per heavy atom. The minimum absolute atomic E-state index is 0.0671. The predicted octanol–water partition coefficient (Wildman–Crippen LogP) is 5.36. The van der Waals surface area contributed by atoms with Crippen molar-refractivity contribution in [3.63, 3.8) is 0 Å². The summed E-state index contributed by atoms with van der Waals surface area (Å²) in [6.07, 6.45) is 5.11. The minimum Gasteiger partial charge on any atom is -0.383 e. The summed E-state index contributed by atoms with van der Waals surface area (Å²) in [5.41, 5.74) is 5.85. The maximum atomic E-state index is 13.7. The molecule has 236 valence electrons. The van der Waals surface area contributed by atoms with Crippen molar-refractivity contribution < 1.29 is 4.74 Å². The summed E-state index contributed by atoms with van der Waals surface area (Å²) in [5.74, 6) is 0.794. The summed E-state index contributed by atoms with van der Waals surface area (Å²) < 4.78 is 7.87. The lowest BCUT2D eigenvalue weighted by Crippen LogP contribution is -2.48. The fourth-order valence-electron chi connectivity index (χ4n) is 7.31. The van der Waals surface area contributed by atoms with E-state index >= 15 is 0 Å². The van der Waals surface area contributed by atoms with E-state index in [0.29, 0.717) is 5.39 Å². The van der Waals surface area contributed by atoms with E-state index in [-0.39, 0.29) is 17.2 Å². The third kappa shape index (κ3) is 6.90. The number of halogens is 1. The lowest BCUT2D eigenvalue weighted by Gasteiger charge is -2.39. The number of hydrogen-bond acceptors (Lipinski definition) is 7. The quantitative estimate of drug-likeness (QED) is 0.335. The van der Waals surface area contributed by atoms with Crippen LogP contribution in [-0.2, 0) is 4.74 Å². The Bertz CT molecular complexity index is 1540. The van der Waals surface area contributed by atoms with Crippen molar-refractivity contribution in [3.8, 4) is 0 Å². The molecule has 2 unspecified atom stereocenters. The van der Waals surface area contributed by atoms with Crippen LogP contribution < -0.4 is 16.2 Å². The first kappa shape index (κ1) is 31.2. The Labute approximate surface area is 266 Å². The lowest BCUT2D eigenvalue weighted by molar-refractivity contribution is -0.00431. The molecule has 2 N–H and O–H groups in total. The summed E-state index contributed by atoms with van der Waals surface area (Å²) in [5, 5.41) is 8.51.